The van der Waals surface area contributed by atoms with Crippen molar-refractivity contribution in [3.05, 3.63) is 29.2 Å². The van der Waals surface area contributed by atoms with Crippen LogP contribution in [-0.4, -0.2) is 67.0 Å². The molecule has 0 aromatic heterocycles. The number of likely N-dealkylation sites (N-methyl/N-ethyl adjacent to an activating group) is 1. The molecular weight excluding hydrogens is 341 g/mol. The molecule has 7 nitrogen and oxygen atoms in total. The molecule has 0 spiro atoms. The molecule has 2 unspecified atom stereocenters. The number of hydrogen-bond acceptors (Lipinski definition) is 6. The van der Waals surface area contributed by atoms with Crippen molar-refractivity contribution in [1.82, 2.24) is 4.90 Å². The van der Waals surface area contributed by atoms with Gasteiger partial charge in [0.15, 0.2) is 11.6 Å². The Bertz CT molecular complexity index is 789. The minimum Gasteiger partial charge on any atom is -0.487 e. The number of hydrogen-bond donors (Lipinski definition) is 2. The molecule has 0 bridgehead atoms. The first kappa shape index (κ1) is 17.1. The summed E-state index contributed by atoms with van der Waals surface area (Å²) in [6, 6.07) is 1.13. The van der Waals surface area contributed by atoms with Crippen molar-refractivity contribution < 1.29 is 24.1 Å². The van der Waals surface area contributed by atoms with E-state index in [1.807, 2.05) is 18.9 Å². The zero-order valence-corrected chi connectivity index (χ0v) is 14.8. The van der Waals surface area contributed by atoms with Crippen LogP contribution in [0.25, 0.3) is 0 Å². The van der Waals surface area contributed by atoms with Crippen LogP contribution in [0.5, 0.6) is 5.75 Å². The normalized spacial score (nSPS) is 25.5. The molecule has 1 saturated heterocycles. The van der Waals surface area contributed by atoms with E-state index >= 15 is 4.39 Å². The summed E-state index contributed by atoms with van der Waals surface area (Å²) in [5.41, 5.74) is 1.04. The predicted molar refractivity (Wildman–Crippen MR) is 94.2 cm³/mol. The highest BCUT2D eigenvalue weighted by atomic mass is 19.1. The molecule has 2 atom stereocenters. The first-order chi connectivity index (χ1) is 12.4. The number of ether oxygens (including phenoxy) is 1. The number of anilines is 2. The molecule has 1 fully saturated rings. The lowest BCUT2D eigenvalue weighted by Gasteiger charge is -2.43. The molecule has 140 valence electrons. The number of halogens is 1. The van der Waals surface area contributed by atoms with E-state index in [0.717, 1.165) is 13.1 Å². The van der Waals surface area contributed by atoms with Gasteiger partial charge >= 0.3 is 5.97 Å². The number of carboxylic acid groups (broad SMARTS) is 1. The molecule has 0 amide bonds. The fourth-order valence-electron chi connectivity index (χ4n) is 3.82. The second-order valence-corrected chi connectivity index (χ2v) is 7.12. The lowest BCUT2D eigenvalue weighted by Crippen LogP contribution is -2.46. The summed E-state index contributed by atoms with van der Waals surface area (Å²) in [6.45, 7) is 5.22. The van der Waals surface area contributed by atoms with Crippen LogP contribution in [0, 0.1) is 5.82 Å². The van der Waals surface area contributed by atoms with E-state index in [-0.39, 0.29) is 17.2 Å². The van der Waals surface area contributed by atoms with Gasteiger partial charge in [-0.05, 0) is 20.0 Å². The van der Waals surface area contributed by atoms with Crippen LogP contribution in [0.1, 0.15) is 18.6 Å². The van der Waals surface area contributed by atoms with Gasteiger partial charge in [-0.25, -0.2) is 9.18 Å². The lowest BCUT2D eigenvalue weighted by molar-refractivity contribution is -0.133. The first-order valence-electron chi connectivity index (χ1n) is 8.72. The Balaban J connectivity index is 1.86. The molecule has 3 heterocycles. The standard InChI is InChI=1S/C18H22FN3O4/c1-10-9-26-17-14-11(16(23)12(18(24)25)8-22(10)14)7-13(19)15(17)21-5-3-20(2)4-6-21/h7-8,10,16,23H,3-6,9H2,1-2H3,(H,24,25). The summed E-state index contributed by atoms with van der Waals surface area (Å²) >= 11 is 0. The van der Waals surface area contributed by atoms with E-state index in [9.17, 15) is 15.0 Å². The molecule has 2 N–H and O–H groups in total. The Morgan fingerprint density at radius 3 is 2.62 bits per heavy atom. The van der Waals surface area contributed by atoms with Crippen LogP contribution in [-0.2, 0) is 4.79 Å². The molecule has 8 heteroatoms. The van der Waals surface area contributed by atoms with Gasteiger partial charge in [-0.2, -0.15) is 0 Å². The van der Waals surface area contributed by atoms with Crippen molar-refractivity contribution in [3.63, 3.8) is 0 Å². The van der Waals surface area contributed by atoms with Gasteiger partial charge in [0.05, 0.1) is 17.3 Å². The molecule has 26 heavy (non-hydrogen) atoms. The number of nitrogens with zero attached hydrogens (tertiary/aromatic N) is 3. The van der Waals surface area contributed by atoms with Crippen LogP contribution >= 0.6 is 0 Å². The zero-order valence-electron chi connectivity index (χ0n) is 14.8. The number of benzene rings is 1. The maximum absolute atomic E-state index is 15.0. The van der Waals surface area contributed by atoms with Crippen LogP contribution in [0.2, 0.25) is 0 Å². The van der Waals surface area contributed by atoms with Crippen molar-refractivity contribution in [1.29, 1.82) is 0 Å². The number of carbonyl (C=O) groups is 1. The number of carboxylic acids is 1. The van der Waals surface area contributed by atoms with Gasteiger partial charge in [0, 0.05) is 37.9 Å². The molecule has 3 aliphatic rings. The third kappa shape index (κ3) is 2.52. The summed E-state index contributed by atoms with van der Waals surface area (Å²) in [6.07, 6.45) is 0.0555. The number of aliphatic hydroxyl groups is 1. The summed E-state index contributed by atoms with van der Waals surface area (Å²) in [5, 5.41) is 19.9. The summed E-state index contributed by atoms with van der Waals surface area (Å²) < 4.78 is 20.9. The summed E-state index contributed by atoms with van der Waals surface area (Å²) in [4.78, 5) is 17.4. The zero-order chi connectivity index (χ0) is 18.6. The Hall–Kier alpha value is -2.32. The highest BCUT2D eigenvalue weighted by Crippen LogP contribution is 2.51. The molecular formula is C18H22FN3O4. The van der Waals surface area contributed by atoms with Crippen molar-refractivity contribution in [2.45, 2.75) is 19.1 Å². The van der Waals surface area contributed by atoms with Gasteiger partial charge in [0.2, 0.25) is 0 Å². The molecule has 0 radical (unpaired) electrons. The minimum absolute atomic E-state index is 0.117. The highest BCUT2D eigenvalue weighted by molar-refractivity contribution is 5.92. The molecule has 0 saturated carbocycles. The topological polar surface area (TPSA) is 76.5 Å². The summed E-state index contributed by atoms with van der Waals surface area (Å²) in [7, 11) is 2.03. The van der Waals surface area contributed by atoms with Gasteiger partial charge in [0.25, 0.3) is 0 Å². The molecule has 0 aliphatic carbocycles. The average molecular weight is 363 g/mol. The van der Waals surface area contributed by atoms with E-state index in [1.165, 1.54) is 12.3 Å². The van der Waals surface area contributed by atoms with E-state index in [1.54, 1.807) is 4.90 Å². The summed E-state index contributed by atoms with van der Waals surface area (Å²) in [5.74, 6) is -1.32. The van der Waals surface area contributed by atoms with E-state index in [2.05, 4.69) is 4.90 Å². The second-order valence-electron chi connectivity index (χ2n) is 7.12. The Morgan fingerprint density at radius 2 is 1.96 bits per heavy atom. The molecule has 1 aromatic carbocycles. The molecule has 3 aliphatic heterocycles. The minimum atomic E-state index is -1.39. The number of rotatable bonds is 2. The van der Waals surface area contributed by atoms with Crippen LogP contribution in [0.4, 0.5) is 15.8 Å². The quantitative estimate of drug-likeness (QED) is 0.817. The van der Waals surface area contributed by atoms with Crippen molar-refractivity contribution in [2.75, 3.05) is 49.6 Å². The highest BCUT2D eigenvalue weighted by Gasteiger charge is 2.39. The fraction of sp³-hybridized carbons (Fsp3) is 0.500. The Labute approximate surface area is 150 Å². The smallest absolute Gasteiger partial charge is 0.336 e. The SMILES string of the molecule is CC1COc2c(N3CCN(C)CC3)c(F)cc3c2N1C=C(C(=O)O)C3O. The van der Waals surface area contributed by atoms with E-state index < -0.39 is 17.9 Å². The third-order valence-electron chi connectivity index (χ3n) is 5.35. The van der Waals surface area contributed by atoms with Crippen LogP contribution < -0.4 is 14.5 Å². The van der Waals surface area contributed by atoms with Gasteiger partial charge < -0.3 is 29.6 Å². The largest absolute Gasteiger partial charge is 0.487 e. The predicted octanol–water partition coefficient (Wildman–Crippen LogP) is 1.18. The molecule has 4 rings (SSSR count). The van der Waals surface area contributed by atoms with Crippen molar-refractivity contribution in [2.24, 2.45) is 0 Å². The van der Waals surface area contributed by atoms with Gasteiger partial charge in [-0.15, -0.1) is 0 Å². The number of aliphatic carboxylic acids is 1. The van der Waals surface area contributed by atoms with Crippen molar-refractivity contribution >= 4 is 17.3 Å². The van der Waals surface area contributed by atoms with Gasteiger partial charge in [-0.3, -0.25) is 0 Å². The van der Waals surface area contributed by atoms with E-state index in [4.69, 9.17) is 4.74 Å². The van der Waals surface area contributed by atoms with Gasteiger partial charge in [-0.1, -0.05) is 0 Å². The average Bonchev–Trinajstić information content (AvgIpc) is 2.60. The third-order valence-corrected chi connectivity index (χ3v) is 5.35. The Kier molecular flexibility index (Phi) is 4.04. The van der Waals surface area contributed by atoms with Crippen molar-refractivity contribution in [3.8, 4) is 5.75 Å². The first-order valence-corrected chi connectivity index (χ1v) is 8.72. The maximum atomic E-state index is 15.0. The lowest BCUT2D eigenvalue weighted by atomic mass is 9.92. The Morgan fingerprint density at radius 1 is 1.27 bits per heavy atom. The van der Waals surface area contributed by atoms with Crippen LogP contribution in [0.15, 0.2) is 17.8 Å². The van der Waals surface area contributed by atoms with E-state index in [0.29, 0.717) is 36.8 Å². The van der Waals surface area contributed by atoms with Crippen LogP contribution in [0.3, 0.4) is 0 Å². The number of piperazine rings is 1. The number of aliphatic hydroxyl groups excluding tert-OH is 1. The van der Waals surface area contributed by atoms with Gasteiger partial charge in [0.1, 0.15) is 18.4 Å². The fourth-order valence-corrected chi connectivity index (χ4v) is 3.82. The maximum Gasteiger partial charge on any atom is 0.336 e. The second kappa shape index (κ2) is 6.14. The monoisotopic (exact) mass is 363 g/mol. The molecule has 1 aromatic rings.